The van der Waals surface area contributed by atoms with Crippen LogP contribution in [0, 0.1) is 11.8 Å². The molecule has 0 radical (unpaired) electrons. The maximum absolute atomic E-state index is 12.0. The number of hydrogen-bond acceptors (Lipinski definition) is 5. The highest BCUT2D eigenvalue weighted by Crippen LogP contribution is 2.39. The van der Waals surface area contributed by atoms with Crippen molar-refractivity contribution < 1.29 is 23.8 Å². The van der Waals surface area contributed by atoms with Crippen LogP contribution >= 0.6 is 0 Å². The standard InChI is InChI=1S/C16H27NO5/c1-3-11(2)16(19)21-9-8-20-7-6-17-15(18)12-4-5-13-14(10-12)22-13/h11-14H,3-10H2,1-2H3,(H,17,18). The monoisotopic (exact) mass is 313 g/mol. The quantitative estimate of drug-likeness (QED) is 0.394. The zero-order valence-electron chi connectivity index (χ0n) is 13.5. The summed E-state index contributed by atoms with van der Waals surface area (Å²) in [6.45, 7) is 5.34. The predicted octanol–water partition coefficient (Wildman–Crippen LogP) is 1.28. The number of ether oxygens (including phenoxy) is 3. The molecule has 2 aliphatic rings. The van der Waals surface area contributed by atoms with Gasteiger partial charge in [0.1, 0.15) is 6.61 Å². The van der Waals surface area contributed by atoms with Gasteiger partial charge in [0.05, 0.1) is 31.3 Å². The fraction of sp³-hybridized carbons (Fsp3) is 0.875. The summed E-state index contributed by atoms with van der Waals surface area (Å²) in [4.78, 5) is 23.4. The van der Waals surface area contributed by atoms with E-state index in [1.807, 2.05) is 13.8 Å². The van der Waals surface area contributed by atoms with Gasteiger partial charge >= 0.3 is 5.97 Å². The minimum atomic E-state index is -0.183. The summed E-state index contributed by atoms with van der Waals surface area (Å²) in [6, 6.07) is 0. The minimum absolute atomic E-state index is 0.0650. The Morgan fingerprint density at radius 1 is 1.23 bits per heavy atom. The summed E-state index contributed by atoms with van der Waals surface area (Å²) < 4.78 is 15.8. The van der Waals surface area contributed by atoms with Crippen molar-refractivity contribution in [2.75, 3.05) is 26.4 Å². The van der Waals surface area contributed by atoms with Crippen molar-refractivity contribution >= 4 is 11.9 Å². The third kappa shape index (κ3) is 5.25. The SMILES string of the molecule is CCC(C)C(=O)OCCOCCNC(=O)C1CCC2OC2C1. The first-order valence-corrected chi connectivity index (χ1v) is 8.29. The first kappa shape index (κ1) is 17.2. The van der Waals surface area contributed by atoms with Crippen molar-refractivity contribution in [3.63, 3.8) is 0 Å². The lowest BCUT2D eigenvalue weighted by molar-refractivity contribution is -0.149. The molecule has 0 aromatic heterocycles. The summed E-state index contributed by atoms with van der Waals surface area (Å²) in [7, 11) is 0. The normalized spacial score (nSPS) is 27.6. The minimum Gasteiger partial charge on any atom is -0.463 e. The molecule has 6 heteroatoms. The average molecular weight is 313 g/mol. The molecule has 1 aliphatic heterocycles. The highest BCUT2D eigenvalue weighted by Gasteiger charge is 2.45. The van der Waals surface area contributed by atoms with Gasteiger partial charge in [0.15, 0.2) is 0 Å². The van der Waals surface area contributed by atoms with Crippen LogP contribution < -0.4 is 5.32 Å². The Balaban J connectivity index is 1.44. The van der Waals surface area contributed by atoms with Crippen LogP contribution in [-0.2, 0) is 23.8 Å². The van der Waals surface area contributed by atoms with E-state index in [4.69, 9.17) is 14.2 Å². The number of nitrogens with one attached hydrogen (secondary N) is 1. The zero-order valence-corrected chi connectivity index (χ0v) is 13.5. The maximum atomic E-state index is 12.0. The van der Waals surface area contributed by atoms with E-state index < -0.39 is 0 Å². The second-order valence-corrected chi connectivity index (χ2v) is 6.10. The lowest BCUT2D eigenvalue weighted by Crippen LogP contribution is -2.35. The summed E-state index contributed by atoms with van der Waals surface area (Å²) in [6.07, 6.45) is 4.29. The molecule has 2 fully saturated rings. The molecule has 1 saturated heterocycles. The lowest BCUT2D eigenvalue weighted by atomic mass is 9.89. The third-order valence-electron chi connectivity index (χ3n) is 4.41. The van der Waals surface area contributed by atoms with Crippen molar-refractivity contribution in [3.05, 3.63) is 0 Å². The first-order chi connectivity index (χ1) is 10.6. The van der Waals surface area contributed by atoms with E-state index in [0.717, 1.165) is 25.7 Å². The van der Waals surface area contributed by atoms with E-state index in [-0.39, 0.29) is 30.3 Å². The molecule has 0 aromatic rings. The van der Waals surface area contributed by atoms with Crippen molar-refractivity contribution in [2.45, 2.75) is 51.7 Å². The summed E-state index contributed by atoms with van der Waals surface area (Å²) in [5.74, 6) is -0.0666. The van der Waals surface area contributed by atoms with Gasteiger partial charge in [-0.2, -0.15) is 0 Å². The van der Waals surface area contributed by atoms with Gasteiger partial charge in [0.25, 0.3) is 0 Å². The number of esters is 1. The maximum Gasteiger partial charge on any atom is 0.308 e. The van der Waals surface area contributed by atoms with E-state index in [0.29, 0.717) is 32.0 Å². The molecule has 0 spiro atoms. The van der Waals surface area contributed by atoms with E-state index in [9.17, 15) is 9.59 Å². The van der Waals surface area contributed by atoms with Crippen molar-refractivity contribution in [1.82, 2.24) is 5.32 Å². The Bertz CT molecular complexity index is 387. The molecule has 0 bridgehead atoms. The molecule has 4 atom stereocenters. The van der Waals surface area contributed by atoms with E-state index in [2.05, 4.69) is 5.32 Å². The largest absolute Gasteiger partial charge is 0.463 e. The van der Waals surface area contributed by atoms with E-state index >= 15 is 0 Å². The molecule has 22 heavy (non-hydrogen) atoms. The number of hydrogen-bond donors (Lipinski definition) is 1. The Labute approximate surface area is 131 Å². The Kier molecular flexibility index (Phi) is 6.64. The van der Waals surface area contributed by atoms with Crippen molar-refractivity contribution in [2.24, 2.45) is 11.8 Å². The third-order valence-corrected chi connectivity index (χ3v) is 4.41. The van der Waals surface area contributed by atoms with Gasteiger partial charge in [-0.1, -0.05) is 13.8 Å². The molecular weight excluding hydrogens is 286 g/mol. The van der Waals surface area contributed by atoms with Crippen molar-refractivity contribution in [1.29, 1.82) is 0 Å². The van der Waals surface area contributed by atoms with Crippen LogP contribution in [0.2, 0.25) is 0 Å². The predicted molar refractivity (Wildman–Crippen MR) is 80.2 cm³/mol. The Morgan fingerprint density at radius 2 is 2.05 bits per heavy atom. The van der Waals surface area contributed by atoms with Gasteiger partial charge in [-0.3, -0.25) is 9.59 Å². The van der Waals surface area contributed by atoms with Crippen LogP contribution in [0.3, 0.4) is 0 Å². The van der Waals surface area contributed by atoms with Crippen LogP contribution in [0.5, 0.6) is 0 Å². The fourth-order valence-corrected chi connectivity index (χ4v) is 2.65. The lowest BCUT2D eigenvalue weighted by Gasteiger charge is -2.18. The second-order valence-electron chi connectivity index (χ2n) is 6.10. The molecule has 4 unspecified atom stereocenters. The molecule has 2 rings (SSSR count). The van der Waals surface area contributed by atoms with Gasteiger partial charge in [-0.05, 0) is 25.7 Å². The van der Waals surface area contributed by atoms with Crippen LogP contribution in [0.1, 0.15) is 39.5 Å². The van der Waals surface area contributed by atoms with Gasteiger partial charge < -0.3 is 19.5 Å². The number of amides is 1. The van der Waals surface area contributed by atoms with Gasteiger partial charge in [0, 0.05) is 12.5 Å². The number of carbonyl (C=O) groups is 2. The molecule has 0 aromatic carbocycles. The van der Waals surface area contributed by atoms with E-state index in [1.165, 1.54) is 0 Å². The van der Waals surface area contributed by atoms with Crippen LogP contribution in [0.15, 0.2) is 0 Å². The summed E-state index contributed by atoms with van der Waals surface area (Å²) in [5, 5.41) is 2.89. The smallest absolute Gasteiger partial charge is 0.308 e. The van der Waals surface area contributed by atoms with E-state index in [1.54, 1.807) is 0 Å². The Morgan fingerprint density at radius 3 is 2.77 bits per heavy atom. The topological polar surface area (TPSA) is 77.2 Å². The highest BCUT2D eigenvalue weighted by atomic mass is 16.6. The number of carbonyl (C=O) groups excluding carboxylic acids is 2. The second kappa shape index (κ2) is 8.48. The molecule has 1 N–H and O–H groups in total. The van der Waals surface area contributed by atoms with Crippen LogP contribution in [-0.4, -0.2) is 50.4 Å². The molecular formula is C16H27NO5. The molecule has 6 nitrogen and oxygen atoms in total. The molecule has 1 amide bonds. The summed E-state index contributed by atoms with van der Waals surface area (Å²) >= 11 is 0. The number of fused-ring (bicyclic) bond motifs is 1. The molecule has 1 aliphatic carbocycles. The average Bonchev–Trinajstić information content (AvgIpc) is 3.31. The fourth-order valence-electron chi connectivity index (χ4n) is 2.65. The van der Waals surface area contributed by atoms with Crippen LogP contribution in [0.4, 0.5) is 0 Å². The summed E-state index contributed by atoms with van der Waals surface area (Å²) in [5.41, 5.74) is 0. The van der Waals surface area contributed by atoms with Crippen molar-refractivity contribution in [3.8, 4) is 0 Å². The number of epoxide rings is 1. The zero-order chi connectivity index (χ0) is 15.9. The van der Waals surface area contributed by atoms with Crippen LogP contribution in [0.25, 0.3) is 0 Å². The molecule has 126 valence electrons. The molecule has 1 heterocycles. The molecule has 1 saturated carbocycles. The van der Waals surface area contributed by atoms with Gasteiger partial charge in [0.2, 0.25) is 5.91 Å². The first-order valence-electron chi connectivity index (χ1n) is 8.29. The van der Waals surface area contributed by atoms with Gasteiger partial charge in [-0.25, -0.2) is 0 Å². The highest BCUT2D eigenvalue weighted by molar-refractivity contribution is 5.78. The van der Waals surface area contributed by atoms with Gasteiger partial charge in [-0.15, -0.1) is 0 Å². The number of rotatable bonds is 9. The Hall–Kier alpha value is -1.14.